The summed E-state index contributed by atoms with van der Waals surface area (Å²) in [4.78, 5) is 25.4. The van der Waals surface area contributed by atoms with Gasteiger partial charge in [-0.1, -0.05) is 24.3 Å². The summed E-state index contributed by atoms with van der Waals surface area (Å²) in [5.41, 5.74) is 2.98. The highest BCUT2D eigenvalue weighted by Gasteiger charge is 2.45. The topological polar surface area (TPSA) is 116 Å². The molecule has 0 N–H and O–H groups in total. The number of Topliss-reactive ketones (excluding diaryl/α,β-unsaturated/α-hetero) is 1. The van der Waals surface area contributed by atoms with E-state index in [9.17, 15) is 18.0 Å². The Kier molecular flexibility index (Phi) is 5.33. The first-order valence-electron chi connectivity index (χ1n) is 7.44. The van der Waals surface area contributed by atoms with E-state index in [1.165, 1.54) is 0 Å². The Bertz CT molecular complexity index is 775. The maximum absolute atomic E-state index is 13.0. The number of hydrogen-bond acceptors (Lipinski definition) is 6. The molecule has 1 aliphatic carbocycles. The second-order valence-corrected chi connectivity index (χ2v) is 7.05. The monoisotopic (exact) mass is 352 g/mol. The van der Waals surface area contributed by atoms with Gasteiger partial charge in [-0.3, -0.25) is 19.3 Å². The number of benzene rings is 1. The molecule has 24 heavy (non-hydrogen) atoms. The molecule has 1 aromatic carbocycles. The Hall–Kier alpha value is -2.29. The Morgan fingerprint density at radius 2 is 2.08 bits per heavy atom. The largest absolute Gasteiger partial charge is 0.465 e. The molecule has 0 saturated carbocycles. The van der Waals surface area contributed by atoms with Crippen LogP contribution in [-0.2, 0) is 26.0 Å². The molecule has 1 aliphatic rings. The lowest BCUT2D eigenvalue weighted by atomic mass is 9.87. The number of aryl methyl sites for hydroxylation is 1. The van der Waals surface area contributed by atoms with Crippen LogP contribution in [0.4, 0.5) is 0 Å². The van der Waals surface area contributed by atoms with Crippen LogP contribution in [0, 0.1) is 0 Å². The fraction of sp³-hybridized carbons (Fsp3) is 0.467. The Morgan fingerprint density at radius 3 is 2.75 bits per heavy atom. The van der Waals surface area contributed by atoms with Crippen molar-refractivity contribution in [2.45, 2.75) is 31.7 Å². The Balaban J connectivity index is 2.47. The molecule has 0 spiro atoms. The predicted molar refractivity (Wildman–Crippen MR) is 86.1 cm³/mol. The number of nitrogens with zero attached hydrogens (tertiary/aromatic N) is 3. The molecular weight excluding hydrogens is 334 g/mol. The van der Waals surface area contributed by atoms with E-state index >= 15 is 0 Å². The quantitative estimate of drug-likeness (QED) is 0.265. The third kappa shape index (κ3) is 3.78. The Morgan fingerprint density at radius 1 is 1.38 bits per heavy atom. The number of carbonyl (C=O) groups excluding carboxylic acids is 2. The molecule has 0 amide bonds. The lowest BCUT2D eigenvalue weighted by molar-refractivity contribution is -0.146. The van der Waals surface area contributed by atoms with Gasteiger partial charge in [-0.15, -0.1) is 0 Å². The predicted octanol–water partition coefficient (Wildman–Crippen LogP) is 2.21. The lowest BCUT2D eigenvalue weighted by Gasteiger charge is -2.32. The first kappa shape index (κ1) is 18.1. The summed E-state index contributed by atoms with van der Waals surface area (Å²) in [6, 6.07) is 6.92. The van der Waals surface area contributed by atoms with E-state index in [2.05, 4.69) is 15.2 Å². The van der Waals surface area contributed by atoms with E-state index < -0.39 is 27.3 Å². The number of ether oxygens (including phenoxy) is 1. The molecule has 8 nitrogen and oxygen atoms in total. The highest BCUT2D eigenvalue weighted by atomic mass is 32.2. The Labute approximate surface area is 140 Å². The summed E-state index contributed by atoms with van der Waals surface area (Å²) in [6.45, 7) is 1.67. The molecule has 0 aliphatic heterocycles. The van der Waals surface area contributed by atoms with Crippen LogP contribution in [0.5, 0.6) is 0 Å². The van der Waals surface area contributed by atoms with Crippen LogP contribution in [0.25, 0.3) is 5.43 Å². The molecule has 1 unspecified atom stereocenters. The number of carbonyl (C=O) groups is 2. The van der Waals surface area contributed by atoms with Crippen LogP contribution in [0.2, 0.25) is 0 Å². The zero-order valence-corrected chi connectivity index (χ0v) is 14.2. The second-order valence-electron chi connectivity index (χ2n) is 5.42. The molecule has 130 valence electrons. The van der Waals surface area contributed by atoms with Crippen LogP contribution in [0.3, 0.4) is 0 Å². The van der Waals surface area contributed by atoms with E-state index in [4.69, 9.17) is 4.74 Å². The molecule has 1 atom stereocenters. The highest BCUT2D eigenvalue weighted by molar-refractivity contribution is 7.89. The van der Waals surface area contributed by atoms with Crippen LogP contribution in [-0.4, -0.2) is 38.6 Å². The van der Waals surface area contributed by atoms with Crippen molar-refractivity contribution in [3.8, 4) is 0 Å². The summed E-state index contributed by atoms with van der Waals surface area (Å²) in [5, 5.41) is 3.25. The zero-order valence-electron chi connectivity index (χ0n) is 13.4. The normalized spacial score (nSPS) is 21.2. The summed E-state index contributed by atoms with van der Waals surface area (Å²) >= 11 is 0. The highest BCUT2D eigenvalue weighted by Crippen LogP contribution is 2.35. The average Bonchev–Trinajstić information content (AvgIpc) is 2.65. The van der Waals surface area contributed by atoms with Crippen LogP contribution >= 0.6 is 0 Å². The average molecular weight is 352 g/mol. The van der Waals surface area contributed by atoms with Crippen LogP contribution in [0.1, 0.15) is 35.7 Å². The van der Waals surface area contributed by atoms with Gasteiger partial charge in [0.25, 0.3) is 0 Å². The molecule has 0 aromatic heterocycles. The standard InChI is InChI=1S/C15H18N3O5S/c1-3-23-14(20)15(16-17-18-24(2,21)22)10-6-8-11-7-4-5-9-12(11)13(15)19/h4-5,7,9H,3,6,8,10H2,1-2H3/q-1. The maximum atomic E-state index is 13.0. The van der Waals surface area contributed by atoms with Gasteiger partial charge in [-0.2, -0.15) is 0 Å². The fourth-order valence-corrected chi connectivity index (χ4v) is 2.74. The first-order valence-corrected chi connectivity index (χ1v) is 9.29. The molecule has 2 rings (SSSR count). The third-order valence-electron chi connectivity index (χ3n) is 3.64. The van der Waals surface area contributed by atoms with Crippen molar-refractivity contribution < 1.29 is 22.7 Å². The van der Waals surface area contributed by atoms with Crippen molar-refractivity contribution >= 4 is 21.8 Å². The van der Waals surface area contributed by atoms with Crippen molar-refractivity contribution in [2.24, 2.45) is 9.74 Å². The molecule has 0 radical (unpaired) electrons. The van der Waals surface area contributed by atoms with Gasteiger partial charge < -0.3 is 10.2 Å². The van der Waals surface area contributed by atoms with Gasteiger partial charge >= 0.3 is 5.97 Å². The molecule has 1 aromatic rings. The van der Waals surface area contributed by atoms with Crippen LogP contribution < -0.4 is 0 Å². The number of hydrogen-bond donors (Lipinski definition) is 0. The molecule has 0 heterocycles. The fourth-order valence-electron chi connectivity index (χ4n) is 2.57. The van der Waals surface area contributed by atoms with E-state index in [1.54, 1.807) is 19.1 Å². The minimum atomic E-state index is -3.78. The van der Waals surface area contributed by atoms with Crippen molar-refractivity contribution in [1.82, 2.24) is 0 Å². The van der Waals surface area contributed by atoms with Crippen molar-refractivity contribution in [1.29, 1.82) is 0 Å². The zero-order chi connectivity index (χ0) is 17.8. The van der Waals surface area contributed by atoms with E-state index in [-0.39, 0.29) is 13.0 Å². The van der Waals surface area contributed by atoms with Crippen molar-refractivity contribution in [2.75, 3.05) is 12.9 Å². The SMILES string of the molecule is CCOC(=O)C1([N-]/N=N\S(C)(=O)=O)CCCc2ccccc2C1=O. The molecule has 9 heteroatoms. The van der Waals surface area contributed by atoms with Gasteiger partial charge in [-0.05, 0) is 31.7 Å². The van der Waals surface area contributed by atoms with E-state index in [1.807, 2.05) is 12.1 Å². The van der Waals surface area contributed by atoms with Crippen molar-refractivity contribution in [3.05, 3.63) is 40.8 Å². The smallest absolute Gasteiger partial charge is 0.320 e. The number of sulfonamides is 1. The molecular formula is C15H18N3O5S-. The van der Waals surface area contributed by atoms with Gasteiger partial charge in [0.2, 0.25) is 0 Å². The van der Waals surface area contributed by atoms with Gasteiger partial charge in [0.1, 0.15) is 0 Å². The summed E-state index contributed by atoms with van der Waals surface area (Å²) in [5.74, 6) is -1.40. The van der Waals surface area contributed by atoms with Gasteiger partial charge in [-0.25, -0.2) is 8.42 Å². The minimum absolute atomic E-state index is 0.0637. The lowest BCUT2D eigenvalue weighted by Crippen LogP contribution is -2.46. The number of esters is 1. The maximum Gasteiger partial charge on any atom is 0.320 e. The number of rotatable bonds is 5. The minimum Gasteiger partial charge on any atom is -0.465 e. The van der Waals surface area contributed by atoms with Crippen molar-refractivity contribution in [3.63, 3.8) is 0 Å². The van der Waals surface area contributed by atoms with Gasteiger partial charge in [0.15, 0.2) is 21.3 Å². The van der Waals surface area contributed by atoms with E-state index in [0.717, 1.165) is 11.8 Å². The van der Waals surface area contributed by atoms with E-state index in [0.29, 0.717) is 18.4 Å². The summed E-state index contributed by atoms with van der Waals surface area (Å²) in [7, 11) is -3.78. The summed E-state index contributed by atoms with van der Waals surface area (Å²) < 4.78 is 30.2. The molecule has 0 bridgehead atoms. The van der Waals surface area contributed by atoms with Gasteiger partial charge in [0, 0.05) is 11.8 Å². The molecule has 0 fully saturated rings. The van der Waals surface area contributed by atoms with Gasteiger partial charge in [0.05, 0.1) is 6.61 Å². The third-order valence-corrected chi connectivity index (χ3v) is 4.01. The van der Waals surface area contributed by atoms with Crippen LogP contribution in [0.15, 0.2) is 34.0 Å². The number of fused-ring (bicyclic) bond motifs is 1. The second kappa shape index (κ2) is 7.08. The molecule has 0 saturated heterocycles. The summed E-state index contributed by atoms with van der Waals surface area (Å²) in [6.07, 6.45) is 2.01. The first-order chi connectivity index (χ1) is 11.3. The number of ketones is 1.